The second kappa shape index (κ2) is 7.47. The number of aryl methyl sites for hydroxylation is 1. The highest BCUT2D eigenvalue weighted by molar-refractivity contribution is 5.38. The third kappa shape index (κ3) is 4.34. The highest BCUT2D eigenvalue weighted by Gasteiger charge is 2.03. The molecule has 2 rings (SSSR count). The fourth-order valence-corrected chi connectivity index (χ4v) is 2.06. The van der Waals surface area contributed by atoms with E-state index in [1.54, 1.807) is 0 Å². The molecule has 108 valence electrons. The van der Waals surface area contributed by atoms with Crippen LogP contribution in [-0.4, -0.2) is 6.54 Å². The number of rotatable bonds is 4. The molecule has 0 unspecified atom stereocenters. The minimum absolute atomic E-state index is 0.256. The van der Waals surface area contributed by atoms with E-state index >= 15 is 0 Å². The molecule has 0 heterocycles. The van der Waals surface area contributed by atoms with E-state index in [4.69, 9.17) is 10.5 Å². The number of halogens is 1. The lowest BCUT2D eigenvalue weighted by molar-refractivity contribution is 0.302. The molecule has 0 aliphatic rings. The SMILES string of the molecule is CCc1ccccc1OCc1cc(F)cc(C#CCN)c1. The Labute approximate surface area is 124 Å². The summed E-state index contributed by atoms with van der Waals surface area (Å²) in [6.45, 7) is 2.64. The summed E-state index contributed by atoms with van der Waals surface area (Å²) in [5.41, 5.74) is 7.83. The summed E-state index contributed by atoms with van der Waals surface area (Å²) < 4.78 is 19.4. The van der Waals surface area contributed by atoms with E-state index in [0.29, 0.717) is 12.2 Å². The lowest BCUT2D eigenvalue weighted by Crippen LogP contribution is -1.99. The molecular weight excluding hydrogens is 265 g/mol. The highest BCUT2D eigenvalue weighted by Crippen LogP contribution is 2.20. The first-order chi connectivity index (χ1) is 10.2. The minimum Gasteiger partial charge on any atom is -0.489 e. The van der Waals surface area contributed by atoms with Gasteiger partial charge in [0.05, 0.1) is 6.54 Å². The van der Waals surface area contributed by atoms with Crippen molar-refractivity contribution in [2.45, 2.75) is 20.0 Å². The molecule has 2 N–H and O–H groups in total. The first-order valence-corrected chi connectivity index (χ1v) is 6.92. The summed E-state index contributed by atoms with van der Waals surface area (Å²) >= 11 is 0. The van der Waals surface area contributed by atoms with E-state index in [-0.39, 0.29) is 12.4 Å². The van der Waals surface area contributed by atoms with Gasteiger partial charge in [-0.1, -0.05) is 37.0 Å². The predicted octanol–water partition coefficient (Wildman–Crippen LogP) is 3.28. The van der Waals surface area contributed by atoms with Gasteiger partial charge in [-0.05, 0) is 41.8 Å². The van der Waals surface area contributed by atoms with Gasteiger partial charge in [0.1, 0.15) is 18.2 Å². The fourth-order valence-electron chi connectivity index (χ4n) is 2.06. The van der Waals surface area contributed by atoms with Crippen LogP contribution in [0.15, 0.2) is 42.5 Å². The van der Waals surface area contributed by atoms with E-state index < -0.39 is 0 Å². The molecule has 2 aromatic rings. The van der Waals surface area contributed by atoms with Crippen molar-refractivity contribution in [3.63, 3.8) is 0 Å². The maximum Gasteiger partial charge on any atom is 0.124 e. The molecule has 0 aliphatic carbocycles. The van der Waals surface area contributed by atoms with E-state index in [2.05, 4.69) is 18.8 Å². The van der Waals surface area contributed by atoms with Crippen molar-refractivity contribution in [1.82, 2.24) is 0 Å². The van der Waals surface area contributed by atoms with Gasteiger partial charge in [0.15, 0.2) is 0 Å². The molecule has 0 amide bonds. The zero-order chi connectivity index (χ0) is 15.1. The van der Waals surface area contributed by atoms with Gasteiger partial charge in [-0.25, -0.2) is 4.39 Å². The monoisotopic (exact) mass is 283 g/mol. The summed E-state index contributed by atoms with van der Waals surface area (Å²) in [7, 11) is 0. The Bertz CT molecular complexity index is 670. The van der Waals surface area contributed by atoms with Crippen LogP contribution in [0.1, 0.15) is 23.6 Å². The average Bonchev–Trinajstić information content (AvgIpc) is 2.50. The highest BCUT2D eigenvalue weighted by atomic mass is 19.1. The van der Waals surface area contributed by atoms with E-state index in [1.165, 1.54) is 12.1 Å². The largest absolute Gasteiger partial charge is 0.489 e. The lowest BCUT2D eigenvalue weighted by Gasteiger charge is -2.10. The van der Waals surface area contributed by atoms with Crippen molar-refractivity contribution in [2.75, 3.05) is 6.54 Å². The Balaban J connectivity index is 2.14. The number of para-hydroxylation sites is 1. The zero-order valence-corrected chi connectivity index (χ0v) is 12.0. The van der Waals surface area contributed by atoms with Crippen LogP contribution >= 0.6 is 0 Å². The Hall–Kier alpha value is -2.31. The molecule has 0 aliphatic heterocycles. The lowest BCUT2D eigenvalue weighted by atomic mass is 10.1. The van der Waals surface area contributed by atoms with Gasteiger partial charge in [0.2, 0.25) is 0 Å². The van der Waals surface area contributed by atoms with Crippen LogP contribution in [0.25, 0.3) is 0 Å². The van der Waals surface area contributed by atoms with Crippen molar-refractivity contribution in [3.05, 3.63) is 65.0 Å². The summed E-state index contributed by atoms with van der Waals surface area (Å²) in [4.78, 5) is 0. The van der Waals surface area contributed by atoms with Crippen LogP contribution in [0.3, 0.4) is 0 Å². The zero-order valence-electron chi connectivity index (χ0n) is 12.0. The normalized spacial score (nSPS) is 9.86. The van der Waals surface area contributed by atoms with E-state index in [0.717, 1.165) is 23.3 Å². The predicted molar refractivity (Wildman–Crippen MR) is 82.5 cm³/mol. The van der Waals surface area contributed by atoms with Gasteiger partial charge in [-0.2, -0.15) is 0 Å². The first kappa shape index (κ1) is 15.1. The van der Waals surface area contributed by atoms with E-state index in [1.807, 2.05) is 30.3 Å². The molecule has 0 aromatic heterocycles. The van der Waals surface area contributed by atoms with Crippen molar-refractivity contribution in [1.29, 1.82) is 0 Å². The third-order valence-electron chi connectivity index (χ3n) is 3.04. The van der Waals surface area contributed by atoms with Gasteiger partial charge in [-0.3, -0.25) is 0 Å². The Morgan fingerprint density at radius 2 is 2.00 bits per heavy atom. The molecule has 0 radical (unpaired) electrons. The number of ether oxygens (including phenoxy) is 1. The molecule has 2 nitrogen and oxygen atoms in total. The molecule has 0 saturated carbocycles. The van der Waals surface area contributed by atoms with Crippen molar-refractivity contribution >= 4 is 0 Å². The quantitative estimate of drug-likeness (QED) is 0.874. The molecule has 0 bridgehead atoms. The summed E-state index contributed by atoms with van der Waals surface area (Å²) in [6, 6.07) is 12.5. The second-order valence-electron chi connectivity index (χ2n) is 4.60. The summed E-state index contributed by atoms with van der Waals surface area (Å²) in [5.74, 6) is 6.07. The van der Waals surface area contributed by atoms with E-state index in [9.17, 15) is 4.39 Å². The first-order valence-electron chi connectivity index (χ1n) is 6.92. The fraction of sp³-hybridized carbons (Fsp3) is 0.222. The molecule has 0 fully saturated rings. The minimum atomic E-state index is -0.318. The third-order valence-corrected chi connectivity index (χ3v) is 3.04. The molecular formula is C18H18FNO. The smallest absolute Gasteiger partial charge is 0.124 e. The van der Waals surface area contributed by atoms with Gasteiger partial charge in [0.25, 0.3) is 0 Å². The maximum absolute atomic E-state index is 13.6. The standard InChI is InChI=1S/C18H18FNO/c1-2-16-7-3-4-8-18(16)21-13-15-10-14(6-5-9-20)11-17(19)12-15/h3-4,7-8,10-12H,2,9,13,20H2,1H3. The Morgan fingerprint density at radius 3 is 2.76 bits per heavy atom. The molecule has 3 heteroatoms. The summed E-state index contributed by atoms with van der Waals surface area (Å²) in [6.07, 6.45) is 0.895. The van der Waals surface area contributed by atoms with Gasteiger partial charge in [-0.15, -0.1) is 0 Å². The maximum atomic E-state index is 13.6. The van der Waals surface area contributed by atoms with Gasteiger partial charge < -0.3 is 10.5 Å². The molecule has 2 aromatic carbocycles. The summed E-state index contributed by atoms with van der Waals surface area (Å²) in [5, 5.41) is 0. The van der Waals surface area contributed by atoms with Crippen molar-refractivity contribution in [3.8, 4) is 17.6 Å². The van der Waals surface area contributed by atoms with Crippen LogP contribution < -0.4 is 10.5 Å². The number of benzene rings is 2. The Morgan fingerprint density at radius 1 is 1.19 bits per heavy atom. The molecule has 0 atom stereocenters. The van der Waals surface area contributed by atoms with Crippen LogP contribution in [0.4, 0.5) is 4.39 Å². The molecule has 0 saturated heterocycles. The number of nitrogens with two attached hydrogens (primary N) is 1. The molecule has 0 spiro atoms. The van der Waals surface area contributed by atoms with Crippen LogP contribution in [-0.2, 0) is 13.0 Å². The topological polar surface area (TPSA) is 35.2 Å². The van der Waals surface area contributed by atoms with Crippen LogP contribution in [0.2, 0.25) is 0 Å². The number of hydrogen-bond donors (Lipinski definition) is 1. The van der Waals surface area contributed by atoms with Gasteiger partial charge in [0, 0.05) is 5.56 Å². The molecule has 21 heavy (non-hydrogen) atoms. The number of hydrogen-bond acceptors (Lipinski definition) is 2. The van der Waals surface area contributed by atoms with Gasteiger partial charge >= 0.3 is 0 Å². The van der Waals surface area contributed by atoms with Crippen LogP contribution in [0.5, 0.6) is 5.75 Å². The van der Waals surface area contributed by atoms with Crippen molar-refractivity contribution in [2.24, 2.45) is 5.73 Å². The second-order valence-corrected chi connectivity index (χ2v) is 4.60. The average molecular weight is 283 g/mol. The van der Waals surface area contributed by atoms with Crippen LogP contribution in [0, 0.1) is 17.7 Å². The van der Waals surface area contributed by atoms with Crippen molar-refractivity contribution < 1.29 is 9.13 Å². The Kier molecular flexibility index (Phi) is 5.36.